The summed E-state index contributed by atoms with van der Waals surface area (Å²) in [5.74, 6) is -0.0681. The van der Waals surface area contributed by atoms with Crippen LogP contribution in [0.5, 0.6) is 0 Å². The van der Waals surface area contributed by atoms with E-state index in [1.54, 1.807) is 0 Å². The lowest BCUT2D eigenvalue weighted by Crippen LogP contribution is -2.39. The van der Waals surface area contributed by atoms with Crippen LogP contribution in [0.1, 0.15) is 11.7 Å². The zero-order valence-corrected chi connectivity index (χ0v) is 11.8. The van der Waals surface area contributed by atoms with Gasteiger partial charge in [0.05, 0.1) is 16.1 Å². The Morgan fingerprint density at radius 1 is 1.35 bits per heavy atom. The quantitative estimate of drug-likeness (QED) is 0.867. The molecule has 2 aliphatic rings. The molecular weight excluding hydrogens is 301 g/mol. The van der Waals surface area contributed by atoms with Crippen molar-refractivity contribution in [3.8, 4) is 0 Å². The summed E-state index contributed by atoms with van der Waals surface area (Å²) >= 11 is 12.2. The fourth-order valence-corrected chi connectivity index (χ4v) is 2.89. The van der Waals surface area contributed by atoms with E-state index >= 15 is 0 Å². The first-order chi connectivity index (χ1) is 9.68. The number of aliphatic imine (C=N–C) groups is 1. The molecule has 0 radical (unpaired) electrons. The van der Waals surface area contributed by atoms with E-state index < -0.39 is 12.1 Å². The Morgan fingerprint density at radius 3 is 2.75 bits per heavy atom. The van der Waals surface area contributed by atoms with Crippen molar-refractivity contribution in [3.05, 3.63) is 40.2 Å². The zero-order chi connectivity index (χ0) is 14.1. The van der Waals surface area contributed by atoms with Crippen molar-refractivity contribution in [1.82, 2.24) is 10.3 Å². The normalized spacial score (nSPS) is 27.8. The van der Waals surface area contributed by atoms with Crippen LogP contribution in [0.15, 0.2) is 29.5 Å². The minimum atomic E-state index is -0.660. The molecule has 104 valence electrons. The van der Waals surface area contributed by atoms with Gasteiger partial charge < -0.3 is 10.1 Å². The molecule has 3 rings (SSSR count). The number of ether oxygens (including phenoxy) is 1. The summed E-state index contributed by atoms with van der Waals surface area (Å²) in [5.41, 5.74) is 0.543. The van der Waals surface area contributed by atoms with Gasteiger partial charge in [-0.3, -0.25) is 9.78 Å². The van der Waals surface area contributed by atoms with Gasteiger partial charge in [-0.15, -0.1) is 0 Å². The molecule has 2 aliphatic heterocycles. The summed E-state index contributed by atoms with van der Waals surface area (Å²) in [7, 11) is 0. The average molecular weight is 312 g/mol. The number of nitrogens with one attached hydrogen (secondary N) is 1. The van der Waals surface area contributed by atoms with Crippen molar-refractivity contribution < 1.29 is 9.53 Å². The van der Waals surface area contributed by atoms with Crippen LogP contribution in [0.4, 0.5) is 0 Å². The number of carbonyl (C=O) groups excluding carboxylic acids is 1. The molecule has 1 N–H and O–H groups in total. The number of pyridine rings is 1. The molecule has 0 saturated carbocycles. The van der Waals surface area contributed by atoms with Crippen LogP contribution in [0.2, 0.25) is 10.0 Å². The van der Waals surface area contributed by atoms with Crippen molar-refractivity contribution in [2.45, 2.75) is 18.2 Å². The van der Waals surface area contributed by atoms with E-state index in [0.29, 0.717) is 22.2 Å². The SMILES string of the molecule is O=C(C1C=CCN1)[C@H]1N=CO[C@@H]1c1c(Cl)cncc1Cl. The first kappa shape index (κ1) is 13.5. The highest BCUT2D eigenvalue weighted by molar-refractivity contribution is 6.35. The first-order valence-corrected chi connectivity index (χ1v) is 6.84. The molecular formula is C13H11Cl2N3O2. The molecule has 3 heterocycles. The van der Waals surface area contributed by atoms with Gasteiger partial charge in [-0.2, -0.15) is 0 Å². The molecule has 0 spiro atoms. The van der Waals surface area contributed by atoms with Gasteiger partial charge in [-0.05, 0) is 0 Å². The van der Waals surface area contributed by atoms with Crippen molar-refractivity contribution in [3.63, 3.8) is 0 Å². The van der Waals surface area contributed by atoms with Crippen LogP contribution in [-0.4, -0.2) is 35.8 Å². The molecule has 20 heavy (non-hydrogen) atoms. The second-order valence-electron chi connectivity index (χ2n) is 4.49. The Morgan fingerprint density at radius 2 is 2.10 bits per heavy atom. The molecule has 1 unspecified atom stereocenters. The molecule has 3 atom stereocenters. The Bertz CT molecular complexity index is 583. The van der Waals surface area contributed by atoms with Crippen LogP contribution < -0.4 is 5.32 Å². The number of ketones is 1. The van der Waals surface area contributed by atoms with Crippen LogP contribution in [0.25, 0.3) is 0 Å². The van der Waals surface area contributed by atoms with E-state index in [-0.39, 0.29) is 11.8 Å². The molecule has 5 nitrogen and oxygen atoms in total. The second kappa shape index (κ2) is 5.52. The predicted octanol–water partition coefficient (Wildman–Crippen LogP) is 1.95. The van der Waals surface area contributed by atoms with Gasteiger partial charge in [-0.25, -0.2) is 4.99 Å². The maximum atomic E-state index is 12.4. The van der Waals surface area contributed by atoms with E-state index in [1.165, 1.54) is 18.8 Å². The van der Waals surface area contributed by atoms with Crippen LogP contribution in [-0.2, 0) is 9.53 Å². The summed E-state index contributed by atoms with van der Waals surface area (Å²) in [6.07, 6.45) is 7.34. The van der Waals surface area contributed by atoms with Gasteiger partial charge in [0.15, 0.2) is 24.3 Å². The third-order valence-corrected chi connectivity index (χ3v) is 3.88. The highest BCUT2D eigenvalue weighted by Gasteiger charge is 2.39. The van der Waals surface area contributed by atoms with E-state index in [0.717, 1.165) is 0 Å². The standard InChI is InChI=1S/C13H11Cl2N3O2/c14-7-4-16-5-8(15)10(7)13-11(18-6-20-13)12(19)9-2-1-3-17-9/h1-2,4-6,9,11,13,17H,3H2/t9?,11-,13-/m1/s1. The Balaban J connectivity index is 1.90. The van der Waals surface area contributed by atoms with Crippen molar-refractivity contribution in [1.29, 1.82) is 0 Å². The number of Topliss-reactive ketones (excluding diaryl/α,β-unsaturated/α-hetero) is 1. The maximum Gasteiger partial charge on any atom is 0.182 e. The maximum absolute atomic E-state index is 12.4. The third kappa shape index (κ3) is 2.32. The smallest absolute Gasteiger partial charge is 0.182 e. The number of nitrogens with zero attached hydrogens (tertiary/aromatic N) is 2. The molecule has 0 fully saturated rings. The highest BCUT2D eigenvalue weighted by atomic mass is 35.5. The highest BCUT2D eigenvalue weighted by Crippen LogP contribution is 2.37. The van der Waals surface area contributed by atoms with E-state index in [2.05, 4.69) is 15.3 Å². The summed E-state index contributed by atoms with van der Waals surface area (Å²) in [5, 5.41) is 3.79. The van der Waals surface area contributed by atoms with Crippen LogP contribution >= 0.6 is 23.2 Å². The summed E-state index contributed by atoms with van der Waals surface area (Å²) < 4.78 is 5.43. The average Bonchev–Trinajstić information content (AvgIpc) is 3.09. The monoisotopic (exact) mass is 311 g/mol. The summed E-state index contributed by atoms with van der Waals surface area (Å²) in [6.45, 7) is 0.676. The fraction of sp³-hybridized carbons (Fsp3) is 0.308. The number of hydrogen-bond acceptors (Lipinski definition) is 5. The van der Waals surface area contributed by atoms with E-state index in [1.807, 2.05) is 12.2 Å². The Hall–Kier alpha value is -1.43. The third-order valence-electron chi connectivity index (χ3n) is 3.27. The van der Waals surface area contributed by atoms with Gasteiger partial charge in [0.25, 0.3) is 0 Å². The minimum absolute atomic E-state index is 0.0681. The van der Waals surface area contributed by atoms with Gasteiger partial charge in [-0.1, -0.05) is 35.4 Å². The van der Waals surface area contributed by atoms with Gasteiger partial charge in [0.2, 0.25) is 0 Å². The lowest BCUT2D eigenvalue weighted by atomic mass is 9.96. The zero-order valence-electron chi connectivity index (χ0n) is 10.3. The number of halogens is 2. The number of rotatable bonds is 3. The number of aromatic nitrogens is 1. The van der Waals surface area contributed by atoms with Crippen molar-refractivity contribution in [2.75, 3.05) is 6.54 Å². The molecule has 7 heteroatoms. The van der Waals surface area contributed by atoms with Crippen molar-refractivity contribution in [2.24, 2.45) is 4.99 Å². The first-order valence-electron chi connectivity index (χ1n) is 6.08. The minimum Gasteiger partial charge on any atom is -0.473 e. The van der Waals surface area contributed by atoms with Crippen LogP contribution in [0, 0.1) is 0 Å². The lowest BCUT2D eigenvalue weighted by molar-refractivity contribution is -0.122. The largest absolute Gasteiger partial charge is 0.473 e. The molecule has 1 aromatic rings. The molecule has 0 bridgehead atoms. The van der Waals surface area contributed by atoms with E-state index in [9.17, 15) is 4.79 Å². The van der Waals surface area contributed by atoms with Gasteiger partial charge in [0, 0.05) is 24.5 Å². The lowest BCUT2D eigenvalue weighted by Gasteiger charge is -2.20. The molecule has 0 saturated heterocycles. The summed E-state index contributed by atoms with van der Waals surface area (Å²) in [6, 6.07) is -1.01. The number of hydrogen-bond donors (Lipinski definition) is 1. The number of carbonyl (C=O) groups is 1. The topological polar surface area (TPSA) is 63.6 Å². The van der Waals surface area contributed by atoms with Gasteiger partial charge >= 0.3 is 0 Å². The Labute approximate surface area is 125 Å². The van der Waals surface area contributed by atoms with Crippen LogP contribution in [0.3, 0.4) is 0 Å². The van der Waals surface area contributed by atoms with Crippen molar-refractivity contribution >= 4 is 35.4 Å². The predicted molar refractivity (Wildman–Crippen MR) is 76.3 cm³/mol. The van der Waals surface area contributed by atoms with E-state index in [4.69, 9.17) is 27.9 Å². The van der Waals surface area contributed by atoms with Gasteiger partial charge in [0.1, 0.15) is 0 Å². The molecule has 0 aliphatic carbocycles. The molecule has 0 aromatic carbocycles. The molecule has 0 amide bonds. The Kier molecular flexibility index (Phi) is 3.74. The second-order valence-corrected chi connectivity index (χ2v) is 5.30. The summed E-state index contributed by atoms with van der Waals surface area (Å²) in [4.78, 5) is 20.5. The molecule has 1 aromatic heterocycles. The fourth-order valence-electron chi connectivity index (χ4n) is 2.31.